The van der Waals surface area contributed by atoms with E-state index >= 15 is 0 Å². The Bertz CT molecular complexity index is 169. The van der Waals surface area contributed by atoms with Crippen molar-refractivity contribution in [1.29, 1.82) is 5.26 Å². The molecule has 0 radical (unpaired) electrons. The van der Waals surface area contributed by atoms with Crippen LogP contribution >= 0.6 is 0 Å². The zero-order valence-electron chi connectivity index (χ0n) is 9.33. The molecule has 13 heavy (non-hydrogen) atoms. The summed E-state index contributed by atoms with van der Waals surface area (Å²) in [5.41, 5.74) is 0. The molecule has 0 aromatic rings. The lowest BCUT2D eigenvalue weighted by Crippen LogP contribution is -2.45. The van der Waals surface area contributed by atoms with Gasteiger partial charge < -0.3 is 4.90 Å². The maximum atomic E-state index is 8.67. The second-order valence-corrected chi connectivity index (χ2v) is 4.13. The van der Waals surface area contributed by atoms with Gasteiger partial charge in [-0.15, -0.1) is 0 Å². The largest absolute Gasteiger partial charge is 0.308 e. The van der Waals surface area contributed by atoms with E-state index in [1.54, 1.807) is 0 Å². The minimum Gasteiger partial charge on any atom is -0.308 e. The van der Waals surface area contributed by atoms with Crippen molar-refractivity contribution in [2.24, 2.45) is 5.92 Å². The molecule has 0 spiro atoms. The van der Waals surface area contributed by atoms with Crippen LogP contribution < -0.4 is 5.32 Å². The molecular weight excluding hydrogens is 162 g/mol. The van der Waals surface area contributed by atoms with E-state index in [-0.39, 0.29) is 6.04 Å². The van der Waals surface area contributed by atoms with Gasteiger partial charge in [0, 0.05) is 12.6 Å². The molecule has 0 fully saturated rings. The predicted octanol–water partition coefficient (Wildman–Crippen LogP) is 1.07. The first kappa shape index (κ1) is 12.4. The van der Waals surface area contributed by atoms with Crippen LogP contribution in [0.5, 0.6) is 0 Å². The Kier molecular flexibility index (Phi) is 5.68. The van der Waals surface area contributed by atoms with Crippen molar-refractivity contribution in [2.45, 2.75) is 32.9 Å². The van der Waals surface area contributed by atoms with Crippen LogP contribution in [0.2, 0.25) is 0 Å². The normalized spacial score (nSPS) is 15.8. The molecule has 1 N–H and O–H groups in total. The Morgan fingerprint density at radius 2 is 1.85 bits per heavy atom. The number of hydrogen-bond donors (Lipinski definition) is 1. The summed E-state index contributed by atoms with van der Waals surface area (Å²) in [4.78, 5) is 2.14. The van der Waals surface area contributed by atoms with Crippen LogP contribution in [0.15, 0.2) is 0 Å². The van der Waals surface area contributed by atoms with Gasteiger partial charge in [0.2, 0.25) is 0 Å². The molecule has 0 saturated heterocycles. The highest BCUT2D eigenvalue weighted by Crippen LogP contribution is 2.03. The van der Waals surface area contributed by atoms with E-state index in [4.69, 9.17) is 5.26 Å². The number of nitrogens with zero attached hydrogens (tertiary/aromatic N) is 2. The van der Waals surface area contributed by atoms with E-state index in [2.05, 4.69) is 30.1 Å². The van der Waals surface area contributed by atoms with Crippen molar-refractivity contribution < 1.29 is 0 Å². The Balaban J connectivity index is 4.04. The molecule has 0 heterocycles. The summed E-state index contributed by atoms with van der Waals surface area (Å²) in [5.74, 6) is 0.554. The van der Waals surface area contributed by atoms with Crippen molar-refractivity contribution in [2.75, 3.05) is 20.6 Å². The van der Waals surface area contributed by atoms with E-state index in [1.165, 1.54) is 0 Å². The highest BCUT2D eigenvalue weighted by atomic mass is 15.1. The SMILES string of the molecule is CC(C#N)NC(CN(C)C)C(C)C. The van der Waals surface area contributed by atoms with E-state index in [9.17, 15) is 0 Å². The fourth-order valence-electron chi connectivity index (χ4n) is 1.21. The van der Waals surface area contributed by atoms with Crippen LogP contribution in [-0.2, 0) is 0 Å². The van der Waals surface area contributed by atoms with Crippen molar-refractivity contribution in [3.8, 4) is 6.07 Å². The summed E-state index contributed by atoms with van der Waals surface area (Å²) >= 11 is 0. The number of nitrogens with one attached hydrogen (secondary N) is 1. The third kappa shape index (κ3) is 5.62. The lowest BCUT2D eigenvalue weighted by molar-refractivity contribution is 0.283. The van der Waals surface area contributed by atoms with Crippen molar-refractivity contribution in [3.05, 3.63) is 0 Å². The molecule has 0 saturated carbocycles. The molecule has 0 aromatic heterocycles. The van der Waals surface area contributed by atoms with Crippen LogP contribution in [0.25, 0.3) is 0 Å². The summed E-state index contributed by atoms with van der Waals surface area (Å²) in [5, 5.41) is 12.0. The minimum atomic E-state index is -0.0626. The van der Waals surface area contributed by atoms with Gasteiger partial charge in [-0.1, -0.05) is 13.8 Å². The third-order valence-corrected chi connectivity index (χ3v) is 2.02. The second kappa shape index (κ2) is 5.95. The molecule has 0 aliphatic rings. The van der Waals surface area contributed by atoms with Crippen molar-refractivity contribution in [1.82, 2.24) is 10.2 Å². The van der Waals surface area contributed by atoms with Crippen LogP contribution in [0.4, 0.5) is 0 Å². The van der Waals surface area contributed by atoms with Gasteiger partial charge >= 0.3 is 0 Å². The maximum absolute atomic E-state index is 8.67. The molecule has 76 valence electrons. The number of rotatable bonds is 5. The first-order valence-corrected chi connectivity index (χ1v) is 4.77. The van der Waals surface area contributed by atoms with Crippen molar-refractivity contribution >= 4 is 0 Å². The van der Waals surface area contributed by atoms with E-state index < -0.39 is 0 Å². The molecule has 0 aromatic carbocycles. The van der Waals surface area contributed by atoms with E-state index in [1.807, 2.05) is 21.0 Å². The number of likely N-dealkylation sites (N-methyl/N-ethyl adjacent to an activating group) is 1. The zero-order chi connectivity index (χ0) is 10.4. The minimum absolute atomic E-state index is 0.0626. The summed E-state index contributed by atoms with van der Waals surface area (Å²) in [6.45, 7) is 7.21. The molecule has 0 rings (SSSR count). The Morgan fingerprint density at radius 3 is 2.15 bits per heavy atom. The first-order valence-electron chi connectivity index (χ1n) is 4.77. The fraction of sp³-hybridized carbons (Fsp3) is 0.900. The molecule has 0 aliphatic carbocycles. The fourth-order valence-corrected chi connectivity index (χ4v) is 1.21. The molecule has 0 aliphatic heterocycles. The molecule has 0 amide bonds. The molecule has 2 unspecified atom stereocenters. The van der Waals surface area contributed by atoms with Gasteiger partial charge in [-0.2, -0.15) is 5.26 Å². The van der Waals surface area contributed by atoms with Gasteiger partial charge in [0.15, 0.2) is 0 Å². The third-order valence-electron chi connectivity index (χ3n) is 2.02. The molecular formula is C10H21N3. The summed E-state index contributed by atoms with van der Waals surface area (Å²) < 4.78 is 0. The topological polar surface area (TPSA) is 39.1 Å². The van der Waals surface area contributed by atoms with Crippen LogP contribution in [0.3, 0.4) is 0 Å². The smallest absolute Gasteiger partial charge is 0.0927 e. The standard InChI is InChI=1S/C10H21N3/c1-8(2)10(7-13(4)5)12-9(3)6-11/h8-10,12H,7H2,1-5H3. The highest BCUT2D eigenvalue weighted by molar-refractivity contribution is 4.89. The van der Waals surface area contributed by atoms with Gasteiger partial charge in [0.25, 0.3) is 0 Å². The van der Waals surface area contributed by atoms with E-state index in [0.717, 1.165) is 6.54 Å². The summed E-state index contributed by atoms with van der Waals surface area (Å²) in [7, 11) is 4.10. The first-order chi connectivity index (χ1) is 5.97. The summed E-state index contributed by atoms with van der Waals surface area (Å²) in [6.07, 6.45) is 0. The Morgan fingerprint density at radius 1 is 1.31 bits per heavy atom. The van der Waals surface area contributed by atoms with Gasteiger partial charge in [0.05, 0.1) is 12.1 Å². The molecule has 3 nitrogen and oxygen atoms in total. The van der Waals surface area contributed by atoms with E-state index in [0.29, 0.717) is 12.0 Å². The maximum Gasteiger partial charge on any atom is 0.0927 e. The molecule has 0 bridgehead atoms. The van der Waals surface area contributed by atoms with Crippen molar-refractivity contribution in [3.63, 3.8) is 0 Å². The van der Waals surface area contributed by atoms with Crippen LogP contribution in [0, 0.1) is 17.2 Å². The monoisotopic (exact) mass is 183 g/mol. The van der Waals surface area contributed by atoms with Gasteiger partial charge in [-0.05, 0) is 26.9 Å². The average Bonchev–Trinajstić information content (AvgIpc) is 2.02. The van der Waals surface area contributed by atoms with Crippen LogP contribution in [-0.4, -0.2) is 37.6 Å². The van der Waals surface area contributed by atoms with Crippen LogP contribution in [0.1, 0.15) is 20.8 Å². The van der Waals surface area contributed by atoms with Gasteiger partial charge in [-0.3, -0.25) is 5.32 Å². The summed E-state index contributed by atoms with van der Waals surface area (Å²) in [6, 6.07) is 2.52. The number of nitriles is 1. The van der Waals surface area contributed by atoms with Gasteiger partial charge in [-0.25, -0.2) is 0 Å². The Hall–Kier alpha value is -0.590. The average molecular weight is 183 g/mol. The van der Waals surface area contributed by atoms with Gasteiger partial charge in [0.1, 0.15) is 0 Å². The lowest BCUT2D eigenvalue weighted by Gasteiger charge is -2.26. The zero-order valence-corrected chi connectivity index (χ0v) is 9.33. The highest BCUT2D eigenvalue weighted by Gasteiger charge is 2.15. The predicted molar refractivity (Wildman–Crippen MR) is 55.4 cm³/mol. The second-order valence-electron chi connectivity index (χ2n) is 4.13. The molecule has 3 heteroatoms. The number of hydrogen-bond acceptors (Lipinski definition) is 3. The molecule has 2 atom stereocenters. The lowest BCUT2D eigenvalue weighted by atomic mass is 10.0. The Labute approximate surface area is 81.7 Å². The quantitative estimate of drug-likeness (QED) is 0.693.